The van der Waals surface area contributed by atoms with Gasteiger partial charge in [0.05, 0.1) is 18.6 Å². The molecule has 3 aliphatic rings. The SMILES string of the molecule is O=C1[C@@H]2CCN(C3CCOCC3)C[C@@H]2OCCN1Cc1cccnc1. The Labute approximate surface area is 149 Å². The van der Waals surface area contributed by atoms with Crippen molar-refractivity contribution in [2.75, 3.05) is 39.5 Å². The van der Waals surface area contributed by atoms with E-state index >= 15 is 0 Å². The van der Waals surface area contributed by atoms with Gasteiger partial charge >= 0.3 is 0 Å². The zero-order valence-corrected chi connectivity index (χ0v) is 14.7. The number of likely N-dealkylation sites (tertiary alicyclic amines) is 1. The molecule has 0 radical (unpaired) electrons. The molecule has 0 saturated carbocycles. The molecule has 3 aliphatic heterocycles. The lowest BCUT2D eigenvalue weighted by atomic mass is 9.90. The Hall–Kier alpha value is -1.50. The minimum Gasteiger partial charge on any atom is -0.381 e. The number of aromatic nitrogens is 1. The van der Waals surface area contributed by atoms with E-state index in [-0.39, 0.29) is 17.9 Å². The van der Waals surface area contributed by atoms with Crippen LogP contribution in [-0.4, -0.2) is 72.3 Å². The summed E-state index contributed by atoms with van der Waals surface area (Å²) in [6.45, 7) is 5.49. The highest BCUT2D eigenvalue weighted by molar-refractivity contribution is 5.80. The smallest absolute Gasteiger partial charge is 0.228 e. The number of hydrogen-bond donors (Lipinski definition) is 0. The highest BCUT2D eigenvalue weighted by Gasteiger charge is 2.40. The summed E-state index contributed by atoms with van der Waals surface area (Å²) in [5.41, 5.74) is 1.08. The molecule has 0 aliphatic carbocycles. The second-order valence-corrected chi connectivity index (χ2v) is 7.26. The Morgan fingerprint density at radius 2 is 2.04 bits per heavy atom. The van der Waals surface area contributed by atoms with Crippen molar-refractivity contribution in [3.63, 3.8) is 0 Å². The van der Waals surface area contributed by atoms with Crippen LogP contribution in [0.15, 0.2) is 24.5 Å². The van der Waals surface area contributed by atoms with Crippen LogP contribution >= 0.6 is 0 Å². The van der Waals surface area contributed by atoms with Crippen LogP contribution in [0.25, 0.3) is 0 Å². The van der Waals surface area contributed by atoms with Gasteiger partial charge in [-0.15, -0.1) is 0 Å². The molecule has 1 aromatic rings. The lowest BCUT2D eigenvalue weighted by Crippen LogP contribution is -2.53. The Bertz CT molecular complexity index is 577. The van der Waals surface area contributed by atoms with Crippen LogP contribution in [0.2, 0.25) is 0 Å². The van der Waals surface area contributed by atoms with Gasteiger partial charge in [-0.2, -0.15) is 0 Å². The van der Waals surface area contributed by atoms with Crippen molar-refractivity contribution < 1.29 is 14.3 Å². The summed E-state index contributed by atoms with van der Waals surface area (Å²) in [6.07, 6.45) is 6.72. The highest BCUT2D eigenvalue weighted by Crippen LogP contribution is 2.29. The van der Waals surface area contributed by atoms with E-state index in [2.05, 4.69) is 9.88 Å². The van der Waals surface area contributed by atoms with Gasteiger partial charge in [0.1, 0.15) is 0 Å². The van der Waals surface area contributed by atoms with Gasteiger partial charge in [-0.25, -0.2) is 0 Å². The Morgan fingerprint density at radius 3 is 2.84 bits per heavy atom. The van der Waals surface area contributed by atoms with E-state index in [1.54, 1.807) is 6.20 Å². The van der Waals surface area contributed by atoms with E-state index in [9.17, 15) is 4.79 Å². The lowest BCUT2D eigenvalue weighted by Gasteiger charge is -2.42. The molecule has 6 nitrogen and oxygen atoms in total. The molecule has 4 rings (SSSR count). The summed E-state index contributed by atoms with van der Waals surface area (Å²) < 4.78 is 11.6. The van der Waals surface area contributed by atoms with Gasteiger partial charge in [-0.3, -0.25) is 14.7 Å². The van der Waals surface area contributed by atoms with Gasteiger partial charge in [0, 0.05) is 51.3 Å². The van der Waals surface area contributed by atoms with Crippen LogP contribution in [0.4, 0.5) is 0 Å². The van der Waals surface area contributed by atoms with E-state index < -0.39 is 0 Å². The van der Waals surface area contributed by atoms with Gasteiger partial charge in [0.15, 0.2) is 0 Å². The Morgan fingerprint density at radius 1 is 1.16 bits per heavy atom. The molecule has 4 heterocycles. The fraction of sp³-hybridized carbons (Fsp3) is 0.684. The van der Waals surface area contributed by atoms with Crippen molar-refractivity contribution in [1.29, 1.82) is 0 Å². The average molecular weight is 345 g/mol. The maximum Gasteiger partial charge on any atom is 0.228 e. The van der Waals surface area contributed by atoms with E-state index in [0.717, 1.165) is 51.1 Å². The summed E-state index contributed by atoms with van der Waals surface area (Å²) in [6, 6.07) is 4.53. The van der Waals surface area contributed by atoms with Crippen LogP contribution in [0.1, 0.15) is 24.8 Å². The highest BCUT2D eigenvalue weighted by atomic mass is 16.5. The summed E-state index contributed by atoms with van der Waals surface area (Å²) >= 11 is 0. The van der Waals surface area contributed by atoms with Crippen LogP contribution in [0.5, 0.6) is 0 Å². The molecule has 1 amide bonds. The monoisotopic (exact) mass is 345 g/mol. The topological polar surface area (TPSA) is 54.9 Å². The van der Waals surface area contributed by atoms with Crippen molar-refractivity contribution in [3.05, 3.63) is 30.1 Å². The largest absolute Gasteiger partial charge is 0.381 e. The molecule has 6 heteroatoms. The van der Waals surface area contributed by atoms with Crippen LogP contribution in [0.3, 0.4) is 0 Å². The molecule has 3 fully saturated rings. The average Bonchev–Trinajstić information content (AvgIpc) is 2.82. The molecule has 2 atom stereocenters. The van der Waals surface area contributed by atoms with Gasteiger partial charge in [-0.05, 0) is 37.4 Å². The molecule has 0 unspecified atom stereocenters. The van der Waals surface area contributed by atoms with Gasteiger partial charge in [-0.1, -0.05) is 6.07 Å². The maximum atomic E-state index is 13.1. The molecule has 0 aromatic carbocycles. The Kier molecular flexibility index (Phi) is 5.29. The summed E-state index contributed by atoms with van der Waals surface area (Å²) in [4.78, 5) is 21.7. The summed E-state index contributed by atoms with van der Waals surface area (Å²) in [7, 11) is 0. The van der Waals surface area contributed by atoms with Crippen LogP contribution in [-0.2, 0) is 20.8 Å². The number of carbonyl (C=O) groups excluding carboxylic acids is 1. The number of pyridine rings is 1. The number of hydrogen-bond acceptors (Lipinski definition) is 5. The maximum absolute atomic E-state index is 13.1. The van der Waals surface area contributed by atoms with E-state index in [1.807, 2.05) is 23.2 Å². The summed E-state index contributed by atoms with van der Waals surface area (Å²) in [5.74, 6) is 0.244. The molecular formula is C19H27N3O3. The van der Waals surface area contributed by atoms with Crippen molar-refractivity contribution in [3.8, 4) is 0 Å². The molecule has 0 bridgehead atoms. The Balaban J connectivity index is 1.40. The van der Waals surface area contributed by atoms with E-state index in [4.69, 9.17) is 9.47 Å². The number of carbonyl (C=O) groups is 1. The van der Waals surface area contributed by atoms with Crippen molar-refractivity contribution in [2.24, 2.45) is 5.92 Å². The molecule has 0 spiro atoms. The molecule has 136 valence electrons. The first-order valence-corrected chi connectivity index (χ1v) is 9.42. The first kappa shape index (κ1) is 16.9. The number of fused-ring (bicyclic) bond motifs is 1. The minimum absolute atomic E-state index is 0.00439. The third kappa shape index (κ3) is 3.86. The van der Waals surface area contributed by atoms with Gasteiger partial charge in [0.25, 0.3) is 0 Å². The third-order valence-electron chi connectivity index (χ3n) is 5.72. The second-order valence-electron chi connectivity index (χ2n) is 7.26. The van der Waals surface area contributed by atoms with Crippen LogP contribution < -0.4 is 0 Å². The molecule has 3 saturated heterocycles. The van der Waals surface area contributed by atoms with E-state index in [0.29, 0.717) is 25.7 Å². The number of nitrogens with zero attached hydrogens (tertiary/aromatic N) is 3. The molecular weight excluding hydrogens is 318 g/mol. The summed E-state index contributed by atoms with van der Waals surface area (Å²) in [5, 5.41) is 0. The van der Waals surface area contributed by atoms with Crippen molar-refractivity contribution in [2.45, 2.75) is 38.0 Å². The zero-order chi connectivity index (χ0) is 17.1. The second kappa shape index (κ2) is 7.81. The predicted octanol–water partition coefficient (Wildman–Crippen LogP) is 1.31. The zero-order valence-electron chi connectivity index (χ0n) is 14.7. The van der Waals surface area contributed by atoms with Gasteiger partial charge in [0.2, 0.25) is 5.91 Å². The normalized spacial score (nSPS) is 29.3. The lowest BCUT2D eigenvalue weighted by molar-refractivity contribution is -0.140. The van der Waals surface area contributed by atoms with E-state index in [1.165, 1.54) is 0 Å². The standard InChI is InChI=1S/C19H27N3O3/c23-19-17-3-7-21(16-4-9-24-10-5-16)14-18(17)25-11-8-22(19)13-15-2-1-6-20-12-15/h1-2,6,12,16-18H,3-5,7-11,13-14H2/t17-,18+/m1/s1. The number of amides is 1. The molecule has 0 N–H and O–H groups in total. The third-order valence-corrected chi connectivity index (χ3v) is 5.72. The van der Waals surface area contributed by atoms with Crippen LogP contribution in [0, 0.1) is 5.92 Å². The quantitative estimate of drug-likeness (QED) is 0.827. The van der Waals surface area contributed by atoms with Crippen molar-refractivity contribution in [1.82, 2.24) is 14.8 Å². The first-order chi connectivity index (χ1) is 12.3. The fourth-order valence-corrected chi connectivity index (χ4v) is 4.30. The van der Waals surface area contributed by atoms with Gasteiger partial charge < -0.3 is 14.4 Å². The minimum atomic E-state index is -0.00439. The predicted molar refractivity (Wildman–Crippen MR) is 92.9 cm³/mol. The first-order valence-electron chi connectivity index (χ1n) is 9.42. The molecule has 1 aromatic heterocycles. The number of ether oxygens (including phenoxy) is 2. The van der Waals surface area contributed by atoms with Crippen molar-refractivity contribution >= 4 is 5.91 Å². The number of rotatable bonds is 3. The molecule has 25 heavy (non-hydrogen) atoms. The fourth-order valence-electron chi connectivity index (χ4n) is 4.30. The number of piperidine rings is 1.